The van der Waals surface area contributed by atoms with Gasteiger partial charge in [0.25, 0.3) is 0 Å². The molecule has 15 heavy (non-hydrogen) atoms. The molecule has 0 aliphatic carbocycles. The second kappa shape index (κ2) is 5.28. The molecule has 1 N–H and O–H groups in total. The molecule has 2 unspecified atom stereocenters. The van der Waals surface area contributed by atoms with Gasteiger partial charge in [0.15, 0.2) is 5.78 Å². The van der Waals surface area contributed by atoms with Crippen molar-refractivity contribution in [2.24, 2.45) is 0 Å². The number of aliphatic hydroxyl groups is 1. The van der Waals surface area contributed by atoms with Crippen LogP contribution in [0.2, 0.25) is 0 Å². The molecule has 0 saturated carbocycles. The Morgan fingerprint density at radius 2 is 2.20 bits per heavy atom. The van der Waals surface area contributed by atoms with Crippen LogP contribution in [0.5, 0.6) is 0 Å². The molecule has 0 bridgehead atoms. The molecule has 0 spiro atoms. The van der Waals surface area contributed by atoms with Crippen LogP contribution in [0.4, 0.5) is 0 Å². The summed E-state index contributed by atoms with van der Waals surface area (Å²) in [5.74, 6) is 0.00314. The smallest absolute Gasteiger partial charge is 0.162 e. The first-order chi connectivity index (χ1) is 7.02. The molecule has 1 aromatic rings. The number of thioether (sulfide) groups is 1. The van der Waals surface area contributed by atoms with E-state index in [1.165, 1.54) is 18.7 Å². The Morgan fingerprint density at radius 1 is 1.53 bits per heavy atom. The van der Waals surface area contributed by atoms with Crippen LogP contribution in [0.3, 0.4) is 0 Å². The van der Waals surface area contributed by atoms with Crippen LogP contribution in [0.1, 0.15) is 31.1 Å². The van der Waals surface area contributed by atoms with E-state index in [1.54, 1.807) is 25.3 Å². The number of aromatic nitrogens is 1. The Morgan fingerprint density at radius 3 is 2.73 bits per heavy atom. The Labute approximate surface area is 93.9 Å². The molecule has 0 saturated heterocycles. The highest BCUT2D eigenvalue weighted by Gasteiger charge is 2.15. The Balaban J connectivity index is 2.89. The molecule has 1 rings (SSSR count). The number of nitrogens with zero attached hydrogens (tertiary/aromatic N) is 1. The lowest BCUT2D eigenvalue weighted by molar-refractivity contribution is 0.101. The van der Waals surface area contributed by atoms with E-state index >= 15 is 0 Å². The minimum Gasteiger partial charge on any atom is -0.392 e. The highest BCUT2D eigenvalue weighted by Crippen LogP contribution is 2.26. The number of pyridine rings is 1. The van der Waals surface area contributed by atoms with E-state index in [4.69, 9.17) is 0 Å². The van der Waals surface area contributed by atoms with Crippen LogP contribution in [-0.4, -0.2) is 27.2 Å². The normalized spacial score (nSPS) is 14.7. The lowest BCUT2D eigenvalue weighted by Gasteiger charge is -2.14. The highest BCUT2D eigenvalue weighted by atomic mass is 32.2. The second-order valence-corrected chi connectivity index (χ2v) is 4.84. The maximum absolute atomic E-state index is 11.3. The van der Waals surface area contributed by atoms with Crippen molar-refractivity contribution in [1.82, 2.24) is 4.98 Å². The molecule has 82 valence electrons. The number of hydrogen-bond donors (Lipinski definition) is 1. The summed E-state index contributed by atoms with van der Waals surface area (Å²) < 4.78 is 0. The summed E-state index contributed by atoms with van der Waals surface area (Å²) in [6.45, 7) is 5.16. The standard InChI is InChI=1S/C11H15NO2S/c1-7(13)9(3)15-11-10(8(2)14)5-4-6-12-11/h4-7,9,13H,1-3H3. The molecule has 1 aromatic heterocycles. The molecule has 0 aliphatic heterocycles. The lowest BCUT2D eigenvalue weighted by Crippen LogP contribution is -2.15. The number of hydrogen-bond acceptors (Lipinski definition) is 4. The first-order valence-corrected chi connectivity index (χ1v) is 5.71. The predicted octanol–water partition coefficient (Wildman–Crippen LogP) is 2.15. The Hall–Kier alpha value is -0.870. The van der Waals surface area contributed by atoms with Gasteiger partial charge in [0.2, 0.25) is 0 Å². The van der Waals surface area contributed by atoms with Crippen LogP contribution in [0, 0.1) is 0 Å². The number of aliphatic hydroxyl groups excluding tert-OH is 1. The molecule has 0 aliphatic rings. The number of ketones is 1. The van der Waals surface area contributed by atoms with Gasteiger partial charge in [-0.25, -0.2) is 4.98 Å². The zero-order valence-corrected chi connectivity index (χ0v) is 9.91. The van der Waals surface area contributed by atoms with Crippen LogP contribution < -0.4 is 0 Å². The fourth-order valence-corrected chi connectivity index (χ4v) is 2.04. The van der Waals surface area contributed by atoms with Gasteiger partial charge in [-0.15, -0.1) is 0 Å². The van der Waals surface area contributed by atoms with Crippen LogP contribution in [-0.2, 0) is 0 Å². The van der Waals surface area contributed by atoms with Crippen molar-refractivity contribution in [3.05, 3.63) is 23.9 Å². The van der Waals surface area contributed by atoms with Gasteiger partial charge in [0.1, 0.15) is 5.03 Å². The quantitative estimate of drug-likeness (QED) is 0.630. The largest absolute Gasteiger partial charge is 0.392 e. The van der Waals surface area contributed by atoms with Crippen molar-refractivity contribution >= 4 is 17.5 Å². The first-order valence-electron chi connectivity index (χ1n) is 4.83. The van der Waals surface area contributed by atoms with E-state index in [1.807, 2.05) is 6.92 Å². The molecule has 0 radical (unpaired) electrons. The SMILES string of the molecule is CC(=O)c1cccnc1SC(C)C(C)O. The average molecular weight is 225 g/mol. The number of carbonyl (C=O) groups is 1. The maximum Gasteiger partial charge on any atom is 0.162 e. The summed E-state index contributed by atoms with van der Waals surface area (Å²) >= 11 is 1.42. The minimum absolute atomic E-state index is 0.00314. The molecule has 0 amide bonds. The van der Waals surface area contributed by atoms with Crippen molar-refractivity contribution in [1.29, 1.82) is 0 Å². The molecule has 0 aromatic carbocycles. The van der Waals surface area contributed by atoms with E-state index in [0.29, 0.717) is 10.6 Å². The highest BCUT2D eigenvalue weighted by molar-refractivity contribution is 8.00. The molecule has 1 heterocycles. The van der Waals surface area contributed by atoms with Crippen LogP contribution in [0.15, 0.2) is 23.4 Å². The molecule has 0 fully saturated rings. The van der Waals surface area contributed by atoms with Gasteiger partial charge in [0.05, 0.1) is 6.10 Å². The van der Waals surface area contributed by atoms with Crippen LogP contribution in [0.25, 0.3) is 0 Å². The lowest BCUT2D eigenvalue weighted by atomic mass is 10.2. The minimum atomic E-state index is -0.420. The van der Waals surface area contributed by atoms with Gasteiger partial charge < -0.3 is 5.11 Å². The monoisotopic (exact) mass is 225 g/mol. The van der Waals surface area contributed by atoms with E-state index in [9.17, 15) is 9.90 Å². The topological polar surface area (TPSA) is 50.2 Å². The molecular weight excluding hydrogens is 210 g/mol. The van der Waals surface area contributed by atoms with Crippen molar-refractivity contribution in [2.45, 2.75) is 37.2 Å². The number of rotatable bonds is 4. The Kier molecular flexibility index (Phi) is 4.29. The molecule has 3 nitrogen and oxygen atoms in total. The fourth-order valence-electron chi connectivity index (χ4n) is 1.03. The first kappa shape index (κ1) is 12.2. The van der Waals surface area contributed by atoms with E-state index < -0.39 is 6.10 Å². The van der Waals surface area contributed by atoms with Gasteiger partial charge in [-0.2, -0.15) is 0 Å². The van der Waals surface area contributed by atoms with Gasteiger partial charge in [-0.1, -0.05) is 18.7 Å². The molecular formula is C11H15NO2S. The fraction of sp³-hybridized carbons (Fsp3) is 0.455. The second-order valence-electron chi connectivity index (χ2n) is 3.48. The molecule has 2 atom stereocenters. The zero-order valence-electron chi connectivity index (χ0n) is 9.10. The van der Waals surface area contributed by atoms with Gasteiger partial charge in [0, 0.05) is 17.0 Å². The predicted molar refractivity (Wildman–Crippen MR) is 61.2 cm³/mol. The van der Waals surface area contributed by atoms with Crippen molar-refractivity contribution in [3.63, 3.8) is 0 Å². The summed E-state index contributed by atoms with van der Waals surface area (Å²) in [6, 6.07) is 3.50. The van der Waals surface area contributed by atoms with Gasteiger partial charge in [-0.3, -0.25) is 4.79 Å². The van der Waals surface area contributed by atoms with Crippen LogP contribution >= 0.6 is 11.8 Å². The summed E-state index contributed by atoms with van der Waals surface area (Å²) in [4.78, 5) is 15.5. The summed E-state index contributed by atoms with van der Waals surface area (Å²) in [6.07, 6.45) is 1.24. The van der Waals surface area contributed by atoms with Crippen molar-refractivity contribution < 1.29 is 9.90 Å². The summed E-state index contributed by atoms with van der Waals surface area (Å²) in [7, 11) is 0. The third kappa shape index (κ3) is 3.32. The third-order valence-corrected chi connectivity index (χ3v) is 3.44. The van der Waals surface area contributed by atoms with Gasteiger partial charge in [-0.05, 0) is 26.0 Å². The summed E-state index contributed by atoms with van der Waals surface area (Å²) in [5, 5.41) is 10.1. The van der Waals surface area contributed by atoms with Gasteiger partial charge >= 0.3 is 0 Å². The molecule has 4 heteroatoms. The average Bonchev–Trinajstić information content (AvgIpc) is 2.18. The van der Waals surface area contributed by atoms with E-state index in [2.05, 4.69) is 4.98 Å². The summed E-state index contributed by atoms with van der Waals surface area (Å²) in [5.41, 5.74) is 0.620. The maximum atomic E-state index is 11.3. The third-order valence-electron chi connectivity index (χ3n) is 2.13. The zero-order chi connectivity index (χ0) is 11.4. The Bertz CT molecular complexity index is 352. The van der Waals surface area contributed by atoms with Crippen molar-refractivity contribution in [3.8, 4) is 0 Å². The number of carbonyl (C=O) groups excluding carboxylic acids is 1. The number of Topliss-reactive ketones (excluding diaryl/α,β-unsaturated/α-hetero) is 1. The van der Waals surface area contributed by atoms with Crippen molar-refractivity contribution in [2.75, 3.05) is 0 Å². The van der Waals surface area contributed by atoms with E-state index in [0.717, 1.165) is 0 Å². The van der Waals surface area contributed by atoms with E-state index in [-0.39, 0.29) is 11.0 Å².